The first-order chi connectivity index (χ1) is 4.50. The van der Waals surface area contributed by atoms with E-state index in [9.17, 15) is 0 Å². The van der Waals surface area contributed by atoms with E-state index in [1.165, 1.54) is 0 Å². The number of hydrogen-bond acceptors (Lipinski definition) is 0. The molecule has 0 unspecified atom stereocenters. The van der Waals surface area contributed by atoms with E-state index in [0.29, 0.717) is 0 Å². The Morgan fingerprint density at radius 2 is 1.18 bits per heavy atom. The molecule has 2 nitrogen and oxygen atoms in total. The minimum absolute atomic E-state index is 0. The van der Waals surface area contributed by atoms with E-state index in [4.69, 9.17) is 9.30 Å². The Morgan fingerprint density at radius 1 is 0.909 bits per heavy atom. The smallest absolute Gasteiger partial charge is 0.214 e. The second-order valence-electron chi connectivity index (χ2n) is 0.962. The van der Waals surface area contributed by atoms with Crippen LogP contribution in [0.4, 0.5) is 0 Å². The number of halogens is 1. The van der Waals surface area contributed by atoms with Gasteiger partial charge in [-0.1, -0.05) is 0 Å². The molecule has 0 N–H and O–H groups in total. The fourth-order valence-electron chi connectivity index (χ4n) is 0.321. The summed E-state index contributed by atoms with van der Waals surface area (Å²) in [6, 6.07) is 10.0. The summed E-state index contributed by atoms with van der Waals surface area (Å²) in [6.07, 6.45) is 0. The van der Waals surface area contributed by atoms with Crippen LogP contribution in [-0.4, -0.2) is 0 Å². The predicted octanol–water partition coefficient (Wildman–Crippen LogP) is -1.67. The van der Waals surface area contributed by atoms with Crippen molar-refractivity contribution in [2.45, 2.75) is 0 Å². The molecular formula is C7H5BrFeO2. The molecule has 0 fully saturated rings. The first-order valence-electron chi connectivity index (χ1n) is 2.07. The van der Waals surface area contributed by atoms with E-state index in [0.717, 1.165) is 0 Å². The van der Waals surface area contributed by atoms with Crippen molar-refractivity contribution in [2.24, 2.45) is 0 Å². The van der Waals surface area contributed by atoms with E-state index in [1.807, 2.05) is 30.3 Å². The largest absolute Gasteiger partial charge is 2.00 e. The van der Waals surface area contributed by atoms with Gasteiger partial charge in [-0.25, -0.2) is 12.1 Å². The molecule has 60 valence electrons. The van der Waals surface area contributed by atoms with Gasteiger partial charge in [0.2, 0.25) is 0 Å². The van der Waals surface area contributed by atoms with Crippen LogP contribution in [0.25, 0.3) is 0 Å². The Hall–Kier alpha value is -0.171. The zero-order valence-corrected chi connectivity index (χ0v) is 8.12. The Bertz CT molecular complexity index is 123. The molecular weight excluding hydrogens is 252 g/mol. The van der Waals surface area contributed by atoms with Gasteiger partial charge in [-0.2, -0.15) is 18.2 Å². The second-order valence-corrected chi connectivity index (χ2v) is 0.962. The van der Waals surface area contributed by atoms with E-state index >= 15 is 0 Å². The minimum Gasteiger partial charge on any atom is -0.214 e. The summed E-state index contributed by atoms with van der Waals surface area (Å²) in [7, 11) is 0. The summed E-state index contributed by atoms with van der Waals surface area (Å²) in [4.78, 5) is 0. The normalized spacial score (nSPS) is 4.00. The molecule has 0 saturated carbocycles. The molecule has 0 bridgehead atoms. The summed E-state index contributed by atoms with van der Waals surface area (Å²) >= 11 is 0. The quantitative estimate of drug-likeness (QED) is 0.303. The average molecular weight is 257 g/mol. The first kappa shape index (κ1) is 22.4. The van der Waals surface area contributed by atoms with Crippen molar-refractivity contribution in [1.29, 1.82) is 0 Å². The monoisotopic (exact) mass is 256 g/mol. The third kappa shape index (κ3) is 25.8. The Labute approximate surface area is 87.0 Å². The summed E-state index contributed by atoms with van der Waals surface area (Å²) in [5.74, 6) is 0. The second kappa shape index (κ2) is 32.9. The molecule has 0 saturated heterocycles. The summed E-state index contributed by atoms with van der Waals surface area (Å²) < 4.78 is 15.0. The Morgan fingerprint density at radius 3 is 1.27 bits per heavy atom. The molecule has 0 aliphatic carbocycles. The van der Waals surface area contributed by atoms with Gasteiger partial charge >= 0.3 is 39.7 Å². The molecule has 0 aromatic heterocycles. The van der Waals surface area contributed by atoms with Crippen molar-refractivity contribution in [1.82, 2.24) is 0 Å². The van der Waals surface area contributed by atoms with Crippen LogP contribution >= 0.6 is 0 Å². The van der Waals surface area contributed by atoms with Gasteiger partial charge in [0.1, 0.15) is 0 Å². The topological polar surface area (TPSA) is 39.8 Å². The number of hydrogen-bond donors (Lipinski definition) is 0. The van der Waals surface area contributed by atoms with Crippen LogP contribution in [0.3, 0.4) is 0 Å². The van der Waals surface area contributed by atoms with Crippen LogP contribution in [-0.2, 0) is 26.4 Å². The minimum atomic E-state index is 0. The molecule has 11 heavy (non-hydrogen) atoms. The average Bonchev–Trinajstić information content (AvgIpc) is 2.51. The van der Waals surface area contributed by atoms with Gasteiger partial charge in [-0.15, -0.1) is 0 Å². The van der Waals surface area contributed by atoms with Crippen LogP contribution in [0.5, 0.6) is 0 Å². The molecule has 1 rings (SSSR count). The molecule has 0 atom stereocenters. The maximum absolute atomic E-state index is 7.50. The van der Waals surface area contributed by atoms with Crippen LogP contribution in [0.2, 0.25) is 0 Å². The van der Waals surface area contributed by atoms with Gasteiger partial charge in [0.05, 0.1) is 0 Å². The Balaban J connectivity index is -0.0000000369. The molecule has 0 radical (unpaired) electrons. The fourth-order valence-corrected chi connectivity index (χ4v) is 0.321. The van der Waals surface area contributed by atoms with Crippen molar-refractivity contribution in [3.8, 4) is 0 Å². The van der Waals surface area contributed by atoms with E-state index in [1.54, 1.807) is 0 Å². The zero-order chi connectivity index (χ0) is 7.54. The van der Waals surface area contributed by atoms with Crippen molar-refractivity contribution in [3.63, 3.8) is 0 Å². The fraction of sp³-hybridized carbons (Fsp3) is 0. The molecule has 4 heteroatoms. The van der Waals surface area contributed by atoms with Crippen LogP contribution < -0.4 is 17.0 Å². The van der Waals surface area contributed by atoms with Crippen LogP contribution in [0, 0.1) is 13.3 Å². The van der Waals surface area contributed by atoms with E-state index < -0.39 is 0 Å². The third-order valence-electron chi connectivity index (χ3n) is 0.556. The SMILES string of the molecule is [Br-].[C-]#[O+].[C-]#[O+].[Fe+2].c1cc[cH-]c1. The molecule has 0 aliphatic heterocycles. The van der Waals surface area contributed by atoms with Gasteiger partial charge in [0, 0.05) is 0 Å². The first-order valence-corrected chi connectivity index (χ1v) is 2.07. The molecule has 1 aromatic carbocycles. The molecule has 1 aromatic rings. The van der Waals surface area contributed by atoms with Gasteiger partial charge in [-0.05, 0) is 0 Å². The zero-order valence-electron chi connectivity index (χ0n) is 5.43. The predicted molar refractivity (Wildman–Crippen MR) is 29.9 cm³/mol. The van der Waals surface area contributed by atoms with Crippen LogP contribution in [0.1, 0.15) is 0 Å². The van der Waals surface area contributed by atoms with Gasteiger partial charge in [0.15, 0.2) is 0 Å². The molecule has 0 spiro atoms. The maximum Gasteiger partial charge on any atom is 2.00 e. The van der Waals surface area contributed by atoms with E-state index in [-0.39, 0.29) is 34.1 Å². The molecule has 0 heterocycles. The Kier molecular flexibility index (Phi) is 67.0. The van der Waals surface area contributed by atoms with Gasteiger partial charge in [-0.3, -0.25) is 0 Å². The summed E-state index contributed by atoms with van der Waals surface area (Å²) in [6.45, 7) is 9.00. The van der Waals surface area contributed by atoms with Crippen LogP contribution in [0.15, 0.2) is 30.3 Å². The third-order valence-corrected chi connectivity index (χ3v) is 0.556. The van der Waals surface area contributed by atoms with E-state index in [2.05, 4.69) is 13.3 Å². The number of rotatable bonds is 0. The van der Waals surface area contributed by atoms with Crippen molar-refractivity contribution in [3.05, 3.63) is 43.6 Å². The molecule has 0 aliphatic rings. The standard InChI is InChI=1S/C5H5.2CO.BrH.Fe/c1-2-4-5-3-1;2*1-2;;/h1-5H;;;1H;/q-1;;;;+2/p-1. The summed E-state index contributed by atoms with van der Waals surface area (Å²) in [5.41, 5.74) is 0. The summed E-state index contributed by atoms with van der Waals surface area (Å²) in [5, 5.41) is 0. The molecule has 0 amide bonds. The van der Waals surface area contributed by atoms with Gasteiger partial charge in [0.25, 0.3) is 0 Å². The van der Waals surface area contributed by atoms with Gasteiger partial charge < -0.3 is 17.0 Å². The van der Waals surface area contributed by atoms with Crippen molar-refractivity contribution >= 4 is 0 Å². The van der Waals surface area contributed by atoms with Crippen molar-refractivity contribution in [2.75, 3.05) is 0 Å². The van der Waals surface area contributed by atoms with Crippen molar-refractivity contribution < 1.29 is 43.4 Å². The maximum atomic E-state index is 7.50.